The zero-order valence-electron chi connectivity index (χ0n) is 29.1. The second-order valence-electron chi connectivity index (χ2n) is 14.4. The van der Waals surface area contributed by atoms with Crippen LogP contribution in [0.3, 0.4) is 0 Å². The van der Waals surface area contributed by atoms with E-state index in [1.165, 1.54) is 42.4 Å². The third-order valence-electron chi connectivity index (χ3n) is 10.9. The molecule has 7 aromatic carbocycles. The molecule has 4 nitrogen and oxygen atoms in total. The molecule has 0 radical (unpaired) electrons. The third-order valence-corrected chi connectivity index (χ3v) is 12.1. The minimum absolute atomic E-state index is 0.149. The Bertz CT molecular complexity index is 3100. The lowest BCUT2D eigenvalue weighted by Gasteiger charge is -2.21. The van der Waals surface area contributed by atoms with Crippen molar-refractivity contribution in [2.24, 2.45) is 0 Å². The Morgan fingerprint density at radius 1 is 0.434 bits per heavy atom. The van der Waals surface area contributed by atoms with Gasteiger partial charge in [0.1, 0.15) is 11.2 Å². The molecule has 0 atom stereocenters. The van der Waals surface area contributed by atoms with E-state index in [0.29, 0.717) is 17.5 Å². The van der Waals surface area contributed by atoms with Gasteiger partial charge in [-0.2, -0.15) is 0 Å². The van der Waals surface area contributed by atoms with Crippen LogP contribution in [-0.4, -0.2) is 15.0 Å². The van der Waals surface area contributed by atoms with E-state index in [0.717, 1.165) is 49.8 Å². The van der Waals surface area contributed by atoms with Crippen molar-refractivity contribution in [3.05, 3.63) is 163 Å². The molecule has 53 heavy (non-hydrogen) atoms. The topological polar surface area (TPSA) is 51.8 Å². The Hall–Kier alpha value is -6.43. The number of nitrogens with zero attached hydrogens (tertiary/aromatic N) is 3. The van der Waals surface area contributed by atoms with E-state index in [2.05, 4.69) is 135 Å². The fourth-order valence-corrected chi connectivity index (χ4v) is 9.42. The van der Waals surface area contributed by atoms with Crippen LogP contribution in [0.25, 0.3) is 98.5 Å². The van der Waals surface area contributed by atoms with Crippen molar-refractivity contribution >= 4 is 53.4 Å². The SMILES string of the molecule is CC1(C)c2ccc(-c3cccc(-c4nc(-c5ccccc5)nc(-c5cccc6sc7ccccc7c56)n4)c3)cc2-c2cc3c(cc21)oc1ccccc13. The molecule has 0 amide bonds. The standard InChI is InChI=1S/C48H31N3OS/c1-48(2)38-23-22-30(25-35(38)36-26-37-32-16-6-8-19-40(32)52-41(37)27-39(36)48)29-14-10-15-31(24-29)46-49-45(28-12-4-3-5-13-28)50-47(51-46)34-18-11-21-43-44(34)33-17-7-9-20-42(33)53-43/h3-27H,1-2H3. The number of hydrogen-bond acceptors (Lipinski definition) is 5. The number of benzene rings is 7. The molecule has 0 N–H and O–H groups in total. The van der Waals surface area contributed by atoms with Gasteiger partial charge in [0.25, 0.3) is 0 Å². The van der Waals surface area contributed by atoms with Gasteiger partial charge >= 0.3 is 0 Å². The fraction of sp³-hybridized carbons (Fsp3) is 0.0625. The summed E-state index contributed by atoms with van der Waals surface area (Å²) >= 11 is 1.80. The monoisotopic (exact) mass is 697 g/mol. The molecule has 11 rings (SSSR count). The van der Waals surface area contributed by atoms with E-state index in [4.69, 9.17) is 19.4 Å². The Morgan fingerprint density at radius 3 is 1.98 bits per heavy atom. The lowest BCUT2D eigenvalue weighted by Crippen LogP contribution is -2.14. The van der Waals surface area contributed by atoms with Crippen molar-refractivity contribution in [1.82, 2.24) is 15.0 Å². The molecule has 250 valence electrons. The molecule has 1 aliphatic carbocycles. The van der Waals surface area contributed by atoms with Crippen molar-refractivity contribution < 1.29 is 4.42 Å². The van der Waals surface area contributed by atoms with Crippen LogP contribution in [-0.2, 0) is 5.41 Å². The number of thiophene rings is 1. The summed E-state index contributed by atoms with van der Waals surface area (Å²) in [5.41, 5.74) is 12.0. The van der Waals surface area contributed by atoms with Crippen LogP contribution in [0, 0.1) is 0 Å². The first-order valence-electron chi connectivity index (χ1n) is 17.9. The first-order valence-corrected chi connectivity index (χ1v) is 18.7. The highest BCUT2D eigenvalue weighted by atomic mass is 32.1. The molecular formula is C48H31N3OS. The lowest BCUT2D eigenvalue weighted by atomic mass is 9.82. The molecule has 3 heterocycles. The first-order chi connectivity index (χ1) is 26.0. The van der Waals surface area contributed by atoms with Crippen molar-refractivity contribution in [2.45, 2.75) is 19.3 Å². The van der Waals surface area contributed by atoms with E-state index in [1.807, 2.05) is 30.3 Å². The van der Waals surface area contributed by atoms with Crippen molar-refractivity contribution in [1.29, 1.82) is 0 Å². The van der Waals surface area contributed by atoms with Gasteiger partial charge in [-0.05, 0) is 75.8 Å². The maximum Gasteiger partial charge on any atom is 0.164 e. The predicted octanol–water partition coefficient (Wildman–Crippen LogP) is 13.1. The predicted molar refractivity (Wildman–Crippen MR) is 219 cm³/mol. The summed E-state index contributed by atoms with van der Waals surface area (Å²) in [5.74, 6) is 1.97. The first kappa shape index (κ1) is 30.2. The van der Waals surface area contributed by atoms with Gasteiger partial charge in [0.15, 0.2) is 17.5 Å². The summed E-state index contributed by atoms with van der Waals surface area (Å²) in [7, 11) is 0. The summed E-state index contributed by atoms with van der Waals surface area (Å²) in [5, 5.41) is 4.70. The highest BCUT2D eigenvalue weighted by molar-refractivity contribution is 7.25. The zero-order chi connectivity index (χ0) is 35.3. The van der Waals surface area contributed by atoms with Crippen LogP contribution < -0.4 is 0 Å². The van der Waals surface area contributed by atoms with Gasteiger partial charge in [-0.25, -0.2) is 15.0 Å². The molecule has 0 bridgehead atoms. The van der Waals surface area contributed by atoms with Crippen molar-refractivity contribution in [3.8, 4) is 56.4 Å². The van der Waals surface area contributed by atoms with Gasteiger partial charge in [-0.1, -0.05) is 123 Å². The van der Waals surface area contributed by atoms with Crippen LogP contribution >= 0.6 is 11.3 Å². The van der Waals surface area contributed by atoms with Crippen LogP contribution in [0.15, 0.2) is 156 Å². The van der Waals surface area contributed by atoms with E-state index in [9.17, 15) is 0 Å². The molecule has 0 saturated carbocycles. The third kappa shape index (κ3) is 4.64. The minimum atomic E-state index is -0.149. The van der Waals surface area contributed by atoms with Crippen LogP contribution in [0.2, 0.25) is 0 Å². The van der Waals surface area contributed by atoms with Gasteiger partial charge in [-0.3, -0.25) is 0 Å². The molecular weight excluding hydrogens is 667 g/mol. The number of para-hydroxylation sites is 1. The Morgan fingerprint density at radius 2 is 1.09 bits per heavy atom. The highest BCUT2D eigenvalue weighted by Gasteiger charge is 2.36. The summed E-state index contributed by atoms with van der Waals surface area (Å²) in [6.45, 7) is 4.63. The van der Waals surface area contributed by atoms with E-state index in [-0.39, 0.29) is 5.41 Å². The molecule has 10 aromatic rings. The van der Waals surface area contributed by atoms with Crippen LogP contribution in [0.1, 0.15) is 25.0 Å². The van der Waals surface area contributed by atoms with E-state index < -0.39 is 0 Å². The quantitative estimate of drug-likeness (QED) is 0.184. The minimum Gasteiger partial charge on any atom is -0.456 e. The fourth-order valence-electron chi connectivity index (χ4n) is 8.29. The lowest BCUT2D eigenvalue weighted by molar-refractivity contribution is 0.647. The van der Waals surface area contributed by atoms with E-state index in [1.54, 1.807) is 11.3 Å². The summed E-state index contributed by atoms with van der Waals surface area (Å²) in [6, 6.07) is 53.6. The Kier molecular flexibility index (Phi) is 6.43. The Labute approximate surface area is 310 Å². The van der Waals surface area contributed by atoms with Gasteiger partial charge < -0.3 is 4.42 Å². The van der Waals surface area contributed by atoms with Gasteiger partial charge in [0.05, 0.1) is 0 Å². The number of fused-ring (bicyclic) bond motifs is 9. The average Bonchev–Trinajstić information content (AvgIpc) is 3.84. The zero-order valence-corrected chi connectivity index (χ0v) is 29.9. The normalized spacial score (nSPS) is 13.2. The van der Waals surface area contributed by atoms with Crippen molar-refractivity contribution in [2.75, 3.05) is 0 Å². The highest BCUT2D eigenvalue weighted by Crippen LogP contribution is 2.52. The second kappa shape index (κ2) is 11.3. The summed E-state index contributed by atoms with van der Waals surface area (Å²) < 4.78 is 8.78. The second-order valence-corrected chi connectivity index (χ2v) is 15.5. The molecule has 3 aromatic heterocycles. The van der Waals surface area contributed by atoms with Crippen LogP contribution in [0.5, 0.6) is 0 Å². The molecule has 0 saturated heterocycles. The molecule has 0 unspecified atom stereocenters. The number of hydrogen-bond donors (Lipinski definition) is 0. The summed E-state index contributed by atoms with van der Waals surface area (Å²) in [6.07, 6.45) is 0. The molecule has 0 fully saturated rings. The maximum atomic E-state index is 6.31. The van der Waals surface area contributed by atoms with Gasteiger partial charge in [0.2, 0.25) is 0 Å². The Balaban J connectivity index is 1.06. The number of aromatic nitrogens is 3. The summed E-state index contributed by atoms with van der Waals surface area (Å²) in [4.78, 5) is 15.4. The largest absolute Gasteiger partial charge is 0.456 e. The molecule has 0 aliphatic heterocycles. The molecule has 5 heteroatoms. The average molecular weight is 698 g/mol. The van der Waals surface area contributed by atoms with Gasteiger partial charge in [-0.15, -0.1) is 11.3 Å². The molecule has 1 aliphatic rings. The van der Waals surface area contributed by atoms with Crippen LogP contribution in [0.4, 0.5) is 0 Å². The number of rotatable bonds is 4. The van der Waals surface area contributed by atoms with Gasteiger partial charge in [0, 0.05) is 53.1 Å². The molecule has 0 spiro atoms. The smallest absolute Gasteiger partial charge is 0.164 e. The van der Waals surface area contributed by atoms with Crippen molar-refractivity contribution in [3.63, 3.8) is 0 Å². The number of furan rings is 1. The van der Waals surface area contributed by atoms with E-state index >= 15 is 0 Å². The maximum absolute atomic E-state index is 6.31.